The van der Waals surface area contributed by atoms with Gasteiger partial charge in [0.25, 0.3) is 5.91 Å². The first kappa shape index (κ1) is 16.7. The molecule has 2 amide bonds. The number of benzene rings is 1. The van der Waals surface area contributed by atoms with Gasteiger partial charge in [0.15, 0.2) is 0 Å². The first-order chi connectivity index (χ1) is 12.7. The van der Waals surface area contributed by atoms with Crippen LogP contribution in [0.2, 0.25) is 0 Å². The molecule has 8 heteroatoms. The standard InChI is InChI=1S/C18H21N5O3/c24-16-10-19-7-9-23(16)15-2-1-8-22(11-15)18(25)14-5-3-13(4-6-14)17-20-12-26-21-17/h3-6,12,15,19H,1-2,7-11H2. The van der Waals surface area contributed by atoms with Gasteiger partial charge >= 0.3 is 0 Å². The normalized spacial score (nSPS) is 21.1. The topological polar surface area (TPSA) is 91.6 Å². The van der Waals surface area contributed by atoms with E-state index in [2.05, 4.69) is 15.5 Å². The molecule has 1 unspecified atom stereocenters. The summed E-state index contributed by atoms with van der Waals surface area (Å²) in [4.78, 5) is 32.8. The summed E-state index contributed by atoms with van der Waals surface area (Å²) in [7, 11) is 0. The Balaban J connectivity index is 1.44. The van der Waals surface area contributed by atoms with Crippen LogP contribution in [-0.4, -0.2) is 70.5 Å². The Bertz CT molecular complexity index is 775. The maximum atomic E-state index is 12.9. The lowest BCUT2D eigenvalue weighted by Crippen LogP contribution is -2.57. The van der Waals surface area contributed by atoms with Gasteiger partial charge in [0.05, 0.1) is 6.54 Å². The Labute approximate surface area is 151 Å². The van der Waals surface area contributed by atoms with Crippen molar-refractivity contribution in [2.24, 2.45) is 0 Å². The summed E-state index contributed by atoms with van der Waals surface area (Å²) in [6.45, 7) is 3.24. The van der Waals surface area contributed by atoms with Crippen molar-refractivity contribution < 1.29 is 14.1 Å². The van der Waals surface area contributed by atoms with Crippen LogP contribution < -0.4 is 5.32 Å². The van der Waals surface area contributed by atoms with Crippen molar-refractivity contribution in [1.29, 1.82) is 0 Å². The number of rotatable bonds is 3. The van der Waals surface area contributed by atoms with Gasteiger partial charge in [-0.15, -0.1) is 0 Å². The quantitative estimate of drug-likeness (QED) is 0.875. The summed E-state index contributed by atoms with van der Waals surface area (Å²) in [6, 6.07) is 7.32. The fraction of sp³-hybridized carbons (Fsp3) is 0.444. The van der Waals surface area contributed by atoms with Gasteiger partial charge in [-0.2, -0.15) is 4.98 Å². The van der Waals surface area contributed by atoms with Gasteiger partial charge in [-0.05, 0) is 25.0 Å². The van der Waals surface area contributed by atoms with E-state index in [1.54, 1.807) is 12.1 Å². The van der Waals surface area contributed by atoms with Crippen molar-refractivity contribution in [3.8, 4) is 11.4 Å². The molecule has 2 aliphatic heterocycles. The van der Waals surface area contributed by atoms with E-state index in [-0.39, 0.29) is 17.9 Å². The number of nitrogens with one attached hydrogen (secondary N) is 1. The number of likely N-dealkylation sites (tertiary alicyclic amines) is 1. The highest BCUT2D eigenvalue weighted by Crippen LogP contribution is 2.21. The van der Waals surface area contributed by atoms with Crippen LogP contribution in [0.15, 0.2) is 35.2 Å². The van der Waals surface area contributed by atoms with Crippen LogP contribution in [0.25, 0.3) is 11.4 Å². The van der Waals surface area contributed by atoms with E-state index >= 15 is 0 Å². The van der Waals surface area contributed by atoms with E-state index in [1.165, 1.54) is 6.39 Å². The molecule has 1 aromatic carbocycles. The monoisotopic (exact) mass is 355 g/mol. The number of carbonyl (C=O) groups is 2. The summed E-state index contributed by atoms with van der Waals surface area (Å²) in [5.41, 5.74) is 1.43. The number of carbonyl (C=O) groups excluding carboxylic acids is 2. The third kappa shape index (κ3) is 3.32. The molecule has 1 N–H and O–H groups in total. The van der Waals surface area contributed by atoms with Crippen LogP contribution >= 0.6 is 0 Å². The summed E-state index contributed by atoms with van der Waals surface area (Å²) in [6.07, 6.45) is 3.14. The number of piperidine rings is 1. The minimum Gasteiger partial charge on any atom is -0.342 e. The third-order valence-electron chi connectivity index (χ3n) is 5.00. The summed E-state index contributed by atoms with van der Waals surface area (Å²) in [5.74, 6) is 0.621. The number of hydrogen-bond acceptors (Lipinski definition) is 6. The van der Waals surface area contributed by atoms with Gasteiger partial charge < -0.3 is 19.6 Å². The number of nitrogens with zero attached hydrogens (tertiary/aromatic N) is 4. The van der Waals surface area contributed by atoms with E-state index in [0.717, 1.165) is 31.5 Å². The lowest BCUT2D eigenvalue weighted by Gasteiger charge is -2.41. The SMILES string of the molecule is O=C(c1ccc(-c2ncon2)cc1)N1CCCC(N2CCNCC2=O)C1. The smallest absolute Gasteiger partial charge is 0.253 e. The Morgan fingerprint density at radius 1 is 1.23 bits per heavy atom. The highest BCUT2D eigenvalue weighted by atomic mass is 16.5. The molecule has 0 aliphatic carbocycles. The molecule has 0 saturated carbocycles. The highest BCUT2D eigenvalue weighted by Gasteiger charge is 2.31. The molecule has 2 saturated heterocycles. The van der Waals surface area contributed by atoms with Crippen LogP contribution in [-0.2, 0) is 4.79 Å². The first-order valence-corrected chi connectivity index (χ1v) is 8.88. The van der Waals surface area contributed by atoms with Gasteiger partial charge in [0.2, 0.25) is 18.1 Å². The molecule has 1 atom stereocenters. The second kappa shape index (κ2) is 7.25. The molecular formula is C18H21N5O3. The zero-order chi connectivity index (χ0) is 17.9. The van der Waals surface area contributed by atoms with Crippen LogP contribution in [0.4, 0.5) is 0 Å². The van der Waals surface area contributed by atoms with Gasteiger partial charge in [-0.25, -0.2) is 0 Å². The molecule has 136 valence electrons. The second-order valence-electron chi connectivity index (χ2n) is 6.64. The van der Waals surface area contributed by atoms with Crippen LogP contribution in [0.5, 0.6) is 0 Å². The lowest BCUT2D eigenvalue weighted by molar-refractivity contribution is -0.135. The van der Waals surface area contributed by atoms with Crippen LogP contribution in [0, 0.1) is 0 Å². The minimum atomic E-state index is -0.00283. The van der Waals surface area contributed by atoms with Gasteiger partial charge in [-0.3, -0.25) is 9.59 Å². The predicted molar refractivity (Wildman–Crippen MR) is 93.2 cm³/mol. The van der Waals surface area contributed by atoms with E-state index < -0.39 is 0 Å². The predicted octanol–water partition coefficient (Wildman–Crippen LogP) is 0.773. The zero-order valence-electron chi connectivity index (χ0n) is 14.4. The van der Waals surface area contributed by atoms with Gasteiger partial charge in [0, 0.05) is 43.3 Å². The van der Waals surface area contributed by atoms with Gasteiger partial charge in [0.1, 0.15) is 0 Å². The second-order valence-corrected chi connectivity index (χ2v) is 6.64. The van der Waals surface area contributed by atoms with E-state index in [4.69, 9.17) is 4.52 Å². The lowest BCUT2D eigenvalue weighted by atomic mass is 10.0. The molecule has 2 fully saturated rings. The van der Waals surface area contributed by atoms with Crippen molar-refractivity contribution in [3.05, 3.63) is 36.2 Å². The maximum absolute atomic E-state index is 12.9. The van der Waals surface area contributed by atoms with Gasteiger partial charge in [-0.1, -0.05) is 17.3 Å². The maximum Gasteiger partial charge on any atom is 0.253 e. The van der Waals surface area contributed by atoms with E-state index in [0.29, 0.717) is 31.0 Å². The largest absolute Gasteiger partial charge is 0.342 e. The molecule has 8 nitrogen and oxygen atoms in total. The van der Waals surface area contributed by atoms with Crippen LogP contribution in [0.1, 0.15) is 23.2 Å². The number of hydrogen-bond donors (Lipinski definition) is 1. The summed E-state index contributed by atoms with van der Waals surface area (Å²) < 4.78 is 4.75. The molecule has 4 rings (SSSR count). The fourth-order valence-corrected chi connectivity index (χ4v) is 3.64. The number of piperazine rings is 1. The minimum absolute atomic E-state index is 0.00283. The van der Waals surface area contributed by atoms with E-state index in [1.807, 2.05) is 21.9 Å². The Morgan fingerprint density at radius 2 is 2.08 bits per heavy atom. The summed E-state index contributed by atoms with van der Waals surface area (Å²) in [5, 5.41) is 6.89. The third-order valence-corrected chi connectivity index (χ3v) is 5.00. The van der Waals surface area contributed by atoms with E-state index in [9.17, 15) is 9.59 Å². The molecule has 0 bridgehead atoms. The molecule has 2 aromatic rings. The van der Waals surface area contributed by atoms with Crippen molar-refractivity contribution in [3.63, 3.8) is 0 Å². The van der Waals surface area contributed by atoms with Crippen LogP contribution in [0.3, 0.4) is 0 Å². The Kier molecular flexibility index (Phi) is 4.66. The highest BCUT2D eigenvalue weighted by molar-refractivity contribution is 5.94. The number of aromatic nitrogens is 2. The average Bonchev–Trinajstić information content (AvgIpc) is 3.23. The fourth-order valence-electron chi connectivity index (χ4n) is 3.64. The molecular weight excluding hydrogens is 334 g/mol. The Hall–Kier alpha value is -2.74. The molecule has 2 aliphatic rings. The summed E-state index contributed by atoms with van der Waals surface area (Å²) >= 11 is 0. The molecule has 0 spiro atoms. The average molecular weight is 355 g/mol. The molecule has 0 radical (unpaired) electrons. The molecule has 1 aromatic heterocycles. The number of amides is 2. The Morgan fingerprint density at radius 3 is 2.81 bits per heavy atom. The molecule has 3 heterocycles. The molecule has 26 heavy (non-hydrogen) atoms. The van der Waals surface area contributed by atoms with Crippen molar-refractivity contribution in [2.45, 2.75) is 18.9 Å². The van der Waals surface area contributed by atoms with Crippen molar-refractivity contribution in [2.75, 3.05) is 32.7 Å². The van der Waals surface area contributed by atoms with Crippen molar-refractivity contribution >= 4 is 11.8 Å². The zero-order valence-corrected chi connectivity index (χ0v) is 14.4. The first-order valence-electron chi connectivity index (χ1n) is 8.88. The van der Waals surface area contributed by atoms with Crippen molar-refractivity contribution in [1.82, 2.24) is 25.3 Å².